The largest absolute Gasteiger partial charge is 0.493 e. The minimum absolute atomic E-state index is 0.169. The van der Waals surface area contributed by atoms with Gasteiger partial charge in [-0.15, -0.1) is 0 Å². The van der Waals surface area contributed by atoms with E-state index in [4.69, 9.17) is 9.15 Å². The number of ether oxygens (including phenoxy) is 1. The summed E-state index contributed by atoms with van der Waals surface area (Å²) >= 11 is 0. The summed E-state index contributed by atoms with van der Waals surface area (Å²) in [6, 6.07) is 30.4. The predicted molar refractivity (Wildman–Crippen MR) is 162 cm³/mol. The standard InChI is InChI=1S/C35H32N2O5/c1-23-21-25(17-18-32(23)41-20-19-29-24(2)42-34(37-29)27-13-7-4-8-14-27)22-31(35(39)40)36-30-16-10-9-15-28(30)33(38)26-11-5-3-6-12-26/h3-18,21,31,36H,19-20,22H2,1-2H3,(H,39,40). The van der Waals surface area contributed by atoms with Crippen molar-refractivity contribution < 1.29 is 23.8 Å². The lowest BCUT2D eigenvalue weighted by molar-refractivity contribution is -0.137. The number of nitrogens with zero attached hydrogens (tertiary/aromatic N) is 1. The topological polar surface area (TPSA) is 102 Å². The average Bonchev–Trinajstić information content (AvgIpc) is 3.38. The number of carboxylic acid groups (broad SMARTS) is 1. The first-order valence-electron chi connectivity index (χ1n) is 13.8. The first kappa shape index (κ1) is 28.4. The summed E-state index contributed by atoms with van der Waals surface area (Å²) in [7, 11) is 0. The lowest BCUT2D eigenvalue weighted by Gasteiger charge is -2.19. The molecule has 1 heterocycles. The SMILES string of the molecule is Cc1cc(CC(Nc2ccccc2C(=O)c2ccccc2)C(=O)O)ccc1OCCc1nc(-c2ccccc2)oc1C. The number of carboxylic acids is 1. The molecule has 7 heteroatoms. The molecule has 0 amide bonds. The average molecular weight is 561 g/mol. The number of rotatable bonds is 12. The summed E-state index contributed by atoms with van der Waals surface area (Å²) in [6.07, 6.45) is 0.820. The minimum atomic E-state index is -1.01. The third kappa shape index (κ3) is 6.75. The van der Waals surface area contributed by atoms with E-state index in [2.05, 4.69) is 10.3 Å². The van der Waals surface area contributed by atoms with Crippen LogP contribution in [0.25, 0.3) is 11.5 Å². The first-order chi connectivity index (χ1) is 20.4. The molecule has 0 aliphatic carbocycles. The highest BCUT2D eigenvalue weighted by Crippen LogP contribution is 2.25. The molecule has 5 rings (SSSR count). The van der Waals surface area contributed by atoms with Crippen molar-refractivity contribution in [3.8, 4) is 17.2 Å². The molecular formula is C35H32N2O5. The van der Waals surface area contributed by atoms with Crippen molar-refractivity contribution in [3.63, 3.8) is 0 Å². The van der Waals surface area contributed by atoms with Crippen LogP contribution >= 0.6 is 0 Å². The molecule has 0 bridgehead atoms. The quantitative estimate of drug-likeness (QED) is 0.160. The van der Waals surface area contributed by atoms with E-state index >= 15 is 0 Å². The molecular weight excluding hydrogens is 528 g/mol. The Balaban J connectivity index is 1.23. The molecule has 2 N–H and O–H groups in total. The maximum atomic E-state index is 13.1. The Morgan fingerprint density at radius 1 is 0.905 bits per heavy atom. The van der Waals surface area contributed by atoms with Crippen LogP contribution < -0.4 is 10.1 Å². The van der Waals surface area contributed by atoms with Gasteiger partial charge in [0.05, 0.1) is 12.3 Å². The van der Waals surface area contributed by atoms with Crippen molar-refractivity contribution in [2.24, 2.45) is 0 Å². The molecule has 0 saturated carbocycles. The van der Waals surface area contributed by atoms with Gasteiger partial charge in [0.15, 0.2) is 5.78 Å². The van der Waals surface area contributed by atoms with E-state index in [-0.39, 0.29) is 12.2 Å². The van der Waals surface area contributed by atoms with Crippen LogP contribution in [-0.4, -0.2) is 34.5 Å². The molecule has 0 fully saturated rings. The van der Waals surface area contributed by atoms with Crippen LogP contribution in [0.15, 0.2) is 108 Å². The summed E-state index contributed by atoms with van der Waals surface area (Å²) in [5.41, 5.74) is 4.97. The zero-order valence-electron chi connectivity index (χ0n) is 23.5. The number of carbonyl (C=O) groups excluding carboxylic acids is 1. The fraction of sp³-hybridized carbons (Fsp3) is 0.171. The Morgan fingerprint density at radius 2 is 1.60 bits per heavy atom. The van der Waals surface area contributed by atoms with Crippen molar-refractivity contribution in [1.82, 2.24) is 4.98 Å². The second kappa shape index (κ2) is 13.0. The van der Waals surface area contributed by atoms with Crippen LogP contribution in [0.4, 0.5) is 5.69 Å². The number of hydrogen-bond donors (Lipinski definition) is 2. The molecule has 1 aromatic heterocycles. The van der Waals surface area contributed by atoms with Gasteiger partial charge in [0.25, 0.3) is 0 Å². The van der Waals surface area contributed by atoms with Gasteiger partial charge in [-0.05, 0) is 55.3 Å². The molecule has 42 heavy (non-hydrogen) atoms. The van der Waals surface area contributed by atoms with E-state index in [0.29, 0.717) is 35.7 Å². The lowest BCUT2D eigenvalue weighted by Crippen LogP contribution is -2.32. The Bertz CT molecular complexity index is 1680. The highest BCUT2D eigenvalue weighted by atomic mass is 16.5. The number of anilines is 1. The Morgan fingerprint density at radius 3 is 2.31 bits per heavy atom. The van der Waals surface area contributed by atoms with Gasteiger partial charge in [0.2, 0.25) is 5.89 Å². The summed E-state index contributed by atoms with van der Waals surface area (Å²) in [6.45, 7) is 4.26. The zero-order valence-corrected chi connectivity index (χ0v) is 23.5. The van der Waals surface area contributed by atoms with Crippen molar-refractivity contribution >= 4 is 17.4 Å². The maximum absolute atomic E-state index is 13.1. The highest BCUT2D eigenvalue weighted by Gasteiger charge is 2.22. The fourth-order valence-electron chi connectivity index (χ4n) is 4.80. The smallest absolute Gasteiger partial charge is 0.326 e. The molecule has 7 nitrogen and oxygen atoms in total. The molecule has 0 spiro atoms. The van der Waals surface area contributed by atoms with Gasteiger partial charge in [0.1, 0.15) is 17.6 Å². The van der Waals surface area contributed by atoms with Crippen molar-refractivity contribution in [3.05, 3.63) is 137 Å². The summed E-state index contributed by atoms with van der Waals surface area (Å²) < 4.78 is 11.9. The minimum Gasteiger partial charge on any atom is -0.493 e. The number of aromatic nitrogens is 1. The van der Waals surface area contributed by atoms with Crippen LogP contribution in [-0.2, 0) is 17.6 Å². The number of hydrogen-bond acceptors (Lipinski definition) is 6. The molecule has 0 aliphatic heterocycles. The Hall–Kier alpha value is -5.17. The van der Waals surface area contributed by atoms with Gasteiger partial charge in [-0.2, -0.15) is 0 Å². The number of carbonyl (C=O) groups is 2. The van der Waals surface area contributed by atoms with E-state index in [1.54, 1.807) is 48.5 Å². The molecule has 0 radical (unpaired) electrons. The molecule has 0 aliphatic rings. The van der Waals surface area contributed by atoms with Gasteiger partial charge in [-0.3, -0.25) is 4.79 Å². The number of para-hydroxylation sites is 1. The van der Waals surface area contributed by atoms with Gasteiger partial charge in [-0.25, -0.2) is 9.78 Å². The first-order valence-corrected chi connectivity index (χ1v) is 13.8. The molecule has 1 atom stereocenters. The van der Waals surface area contributed by atoms with Crippen LogP contribution in [0, 0.1) is 13.8 Å². The van der Waals surface area contributed by atoms with E-state index in [1.807, 2.05) is 68.4 Å². The van der Waals surface area contributed by atoms with E-state index in [9.17, 15) is 14.7 Å². The van der Waals surface area contributed by atoms with Gasteiger partial charge < -0.3 is 19.6 Å². The zero-order chi connectivity index (χ0) is 29.5. The number of aliphatic carboxylic acids is 1. The van der Waals surface area contributed by atoms with Crippen molar-refractivity contribution in [2.45, 2.75) is 32.7 Å². The predicted octanol–water partition coefficient (Wildman–Crippen LogP) is 6.92. The fourth-order valence-corrected chi connectivity index (χ4v) is 4.80. The Labute approximate surface area is 244 Å². The third-order valence-corrected chi connectivity index (χ3v) is 7.02. The van der Waals surface area contributed by atoms with Gasteiger partial charge in [-0.1, -0.05) is 72.8 Å². The number of nitrogens with one attached hydrogen (secondary N) is 1. The van der Waals surface area contributed by atoms with Crippen LogP contribution in [0.2, 0.25) is 0 Å². The number of benzene rings is 4. The highest BCUT2D eigenvalue weighted by molar-refractivity contribution is 6.12. The molecule has 1 unspecified atom stereocenters. The summed E-state index contributed by atoms with van der Waals surface area (Å²) in [5.74, 6) is 0.910. The molecule has 212 valence electrons. The number of oxazole rings is 1. The third-order valence-electron chi connectivity index (χ3n) is 7.02. The van der Waals surface area contributed by atoms with Crippen LogP contribution in [0.1, 0.15) is 38.5 Å². The van der Waals surface area contributed by atoms with Gasteiger partial charge in [0, 0.05) is 35.2 Å². The number of aryl methyl sites for hydroxylation is 2. The molecule has 0 saturated heterocycles. The van der Waals surface area contributed by atoms with Crippen LogP contribution in [0.5, 0.6) is 5.75 Å². The normalized spacial score (nSPS) is 11.6. The number of ketones is 1. The van der Waals surface area contributed by atoms with Crippen LogP contribution in [0.3, 0.4) is 0 Å². The monoisotopic (exact) mass is 560 g/mol. The van der Waals surface area contributed by atoms with E-state index < -0.39 is 12.0 Å². The molecule has 5 aromatic rings. The summed E-state index contributed by atoms with van der Waals surface area (Å²) in [4.78, 5) is 30.0. The second-order valence-corrected chi connectivity index (χ2v) is 10.1. The van der Waals surface area contributed by atoms with Gasteiger partial charge >= 0.3 is 5.97 Å². The maximum Gasteiger partial charge on any atom is 0.326 e. The summed E-state index contributed by atoms with van der Waals surface area (Å²) in [5, 5.41) is 13.1. The Kier molecular flexibility index (Phi) is 8.78. The van der Waals surface area contributed by atoms with Crippen molar-refractivity contribution in [1.29, 1.82) is 0 Å². The molecule has 4 aromatic carbocycles. The van der Waals surface area contributed by atoms with Crippen molar-refractivity contribution in [2.75, 3.05) is 11.9 Å². The van der Waals surface area contributed by atoms with E-state index in [0.717, 1.165) is 33.9 Å². The van der Waals surface area contributed by atoms with E-state index in [1.165, 1.54) is 0 Å². The second-order valence-electron chi connectivity index (χ2n) is 10.1. The lowest BCUT2D eigenvalue weighted by atomic mass is 9.99.